The second kappa shape index (κ2) is 10.9. The zero-order chi connectivity index (χ0) is 22.1. The van der Waals surface area contributed by atoms with Crippen LogP contribution >= 0.6 is 0 Å². The molecule has 3 aromatic carbocycles. The standard InChI is InChI=1S/C25H25N3O3/c1-18(27-16-23(29)17-31-24-12-10-19(15-26)11-13-24)21-8-5-9-22(14-21)28-25(30)20-6-3-2-4-7-20/h2-14,18,23,27,29H,16-17H2,1H3,(H,28,30). The van der Waals surface area contributed by atoms with E-state index in [1.54, 1.807) is 36.4 Å². The van der Waals surface area contributed by atoms with Gasteiger partial charge in [-0.3, -0.25) is 4.79 Å². The van der Waals surface area contributed by atoms with Crippen LogP contribution < -0.4 is 15.4 Å². The fourth-order valence-electron chi connectivity index (χ4n) is 2.99. The van der Waals surface area contributed by atoms with Crippen molar-refractivity contribution in [2.45, 2.75) is 19.1 Å². The third-order valence-corrected chi connectivity index (χ3v) is 4.77. The summed E-state index contributed by atoms with van der Waals surface area (Å²) in [4.78, 5) is 12.3. The average molecular weight is 415 g/mol. The van der Waals surface area contributed by atoms with Crippen molar-refractivity contribution in [1.82, 2.24) is 5.32 Å². The first-order chi connectivity index (χ1) is 15.0. The molecule has 0 aliphatic carbocycles. The third kappa shape index (κ3) is 6.68. The Kier molecular flexibility index (Phi) is 7.77. The molecular weight excluding hydrogens is 390 g/mol. The van der Waals surface area contributed by atoms with E-state index in [0.29, 0.717) is 29.1 Å². The molecule has 158 valence electrons. The highest BCUT2D eigenvalue weighted by molar-refractivity contribution is 6.04. The number of anilines is 1. The number of hydrogen-bond donors (Lipinski definition) is 3. The molecule has 0 heterocycles. The fourth-order valence-corrected chi connectivity index (χ4v) is 2.99. The van der Waals surface area contributed by atoms with Gasteiger partial charge in [0, 0.05) is 23.8 Å². The van der Waals surface area contributed by atoms with Gasteiger partial charge in [0.1, 0.15) is 18.5 Å². The van der Waals surface area contributed by atoms with Gasteiger partial charge in [-0.25, -0.2) is 0 Å². The summed E-state index contributed by atoms with van der Waals surface area (Å²) in [5, 5.41) is 25.2. The van der Waals surface area contributed by atoms with Gasteiger partial charge < -0.3 is 20.5 Å². The highest BCUT2D eigenvalue weighted by Crippen LogP contribution is 2.18. The van der Waals surface area contributed by atoms with Gasteiger partial charge in [0.05, 0.1) is 11.6 Å². The van der Waals surface area contributed by atoms with E-state index in [9.17, 15) is 9.90 Å². The molecule has 0 radical (unpaired) electrons. The number of aliphatic hydroxyl groups excluding tert-OH is 1. The lowest BCUT2D eigenvalue weighted by molar-refractivity contribution is 0.102. The monoisotopic (exact) mass is 415 g/mol. The van der Waals surface area contributed by atoms with Gasteiger partial charge in [-0.2, -0.15) is 5.26 Å². The van der Waals surface area contributed by atoms with E-state index < -0.39 is 6.10 Å². The van der Waals surface area contributed by atoms with E-state index >= 15 is 0 Å². The summed E-state index contributed by atoms with van der Waals surface area (Å²) in [6, 6.07) is 25.5. The maximum Gasteiger partial charge on any atom is 0.255 e. The lowest BCUT2D eigenvalue weighted by Crippen LogP contribution is -2.33. The fraction of sp³-hybridized carbons (Fsp3) is 0.200. The van der Waals surface area contributed by atoms with Crippen molar-refractivity contribution in [3.63, 3.8) is 0 Å². The van der Waals surface area contributed by atoms with Crippen LogP contribution in [0.1, 0.15) is 34.5 Å². The molecule has 31 heavy (non-hydrogen) atoms. The zero-order valence-electron chi connectivity index (χ0n) is 17.3. The Morgan fingerprint density at radius 1 is 1.06 bits per heavy atom. The van der Waals surface area contributed by atoms with Gasteiger partial charge in [-0.1, -0.05) is 30.3 Å². The summed E-state index contributed by atoms with van der Waals surface area (Å²) in [7, 11) is 0. The lowest BCUT2D eigenvalue weighted by Gasteiger charge is -2.19. The number of carbonyl (C=O) groups is 1. The van der Waals surface area contributed by atoms with Crippen LogP contribution in [-0.4, -0.2) is 30.3 Å². The molecule has 2 unspecified atom stereocenters. The number of nitrogens with one attached hydrogen (secondary N) is 2. The third-order valence-electron chi connectivity index (χ3n) is 4.77. The Hall–Kier alpha value is -3.66. The van der Waals surface area contributed by atoms with Gasteiger partial charge in [0.25, 0.3) is 5.91 Å². The Balaban J connectivity index is 1.48. The Labute approximate surface area is 182 Å². The van der Waals surface area contributed by atoms with Gasteiger partial charge in [0.2, 0.25) is 0 Å². The summed E-state index contributed by atoms with van der Waals surface area (Å²) in [5.41, 5.74) is 2.87. The second-order valence-electron chi connectivity index (χ2n) is 7.18. The number of nitriles is 1. The molecule has 0 aliphatic heterocycles. The molecule has 0 fully saturated rings. The number of nitrogens with zero attached hydrogens (tertiary/aromatic N) is 1. The van der Waals surface area contributed by atoms with Crippen LogP contribution in [0, 0.1) is 11.3 Å². The molecule has 0 saturated carbocycles. The first-order valence-electron chi connectivity index (χ1n) is 10.1. The van der Waals surface area contributed by atoms with E-state index in [1.807, 2.05) is 49.4 Å². The number of hydrogen-bond acceptors (Lipinski definition) is 5. The van der Waals surface area contributed by atoms with Crippen molar-refractivity contribution < 1.29 is 14.6 Å². The molecule has 0 aromatic heterocycles. The minimum Gasteiger partial charge on any atom is -0.491 e. The van der Waals surface area contributed by atoms with Crippen LogP contribution in [-0.2, 0) is 0 Å². The smallest absolute Gasteiger partial charge is 0.255 e. The van der Waals surface area contributed by atoms with Crippen LogP contribution in [0.4, 0.5) is 5.69 Å². The molecular formula is C25H25N3O3. The number of aliphatic hydroxyl groups is 1. The number of rotatable bonds is 9. The Bertz CT molecular complexity index is 1030. The van der Waals surface area contributed by atoms with E-state index in [1.165, 1.54) is 0 Å². The molecule has 2 atom stereocenters. The summed E-state index contributed by atoms with van der Waals surface area (Å²) in [6.07, 6.45) is -0.695. The number of benzene rings is 3. The van der Waals surface area contributed by atoms with Gasteiger partial charge in [-0.15, -0.1) is 0 Å². The molecule has 0 bridgehead atoms. The summed E-state index contributed by atoms with van der Waals surface area (Å²) >= 11 is 0. The molecule has 3 N–H and O–H groups in total. The average Bonchev–Trinajstić information content (AvgIpc) is 2.82. The van der Waals surface area contributed by atoms with E-state index in [0.717, 1.165) is 5.56 Å². The SMILES string of the molecule is CC(NCC(O)COc1ccc(C#N)cc1)c1cccc(NC(=O)c2ccccc2)c1. The van der Waals surface area contributed by atoms with Gasteiger partial charge in [0.15, 0.2) is 0 Å². The highest BCUT2D eigenvalue weighted by Gasteiger charge is 2.11. The summed E-state index contributed by atoms with van der Waals surface area (Å²) in [6.45, 7) is 2.48. The van der Waals surface area contributed by atoms with Crippen LogP contribution in [0.25, 0.3) is 0 Å². The first-order valence-corrected chi connectivity index (χ1v) is 10.1. The van der Waals surface area contributed by atoms with Crippen LogP contribution in [0.15, 0.2) is 78.9 Å². The molecule has 0 spiro atoms. The minimum absolute atomic E-state index is 0.0295. The maximum absolute atomic E-state index is 12.3. The lowest BCUT2D eigenvalue weighted by atomic mass is 10.1. The van der Waals surface area contributed by atoms with Crippen molar-refractivity contribution >= 4 is 11.6 Å². The van der Waals surface area contributed by atoms with Crippen molar-refractivity contribution in [1.29, 1.82) is 5.26 Å². The Morgan fingerprint density at radius 2 is 1.81 bits per heavy atom. The van der Waals surface area contributed by atoms with Crippen LogP contribution in [0.5, 0.6) is 5.75 Å². The number of amides is 1. The molecule has 3 aromatic rings. The van der Waals surface area contributed by atoms with Crippen LogP contribution in [0.3, 0.4) is 0 Å². The number of ether oxygens (including phenoxy) is 1. The number of carbonyl (C=O) groups excluding carboxylic acids is 1. The molecule has 6 heteroatoms. The van der Waals surface area contributed by atoms with E-state index in [-0.39, 0.29) is 18.6 Å². The minimum atomic E-state index is -0.695. The zero-order valence-corrected chi connectivity index (χ0v) is 17.3. The van der Waals surface area contributed by atoms with Crippen molar-refractivity contribution in [3.8, 4) is 11.8 Å². The van der Waals surface area contributed by atoms with Crippen molar-refractivity contribution in [3.05, 3.63) is 95.6 Å². The highest BCUT2D eigenvalue weighted by atomic mass is 16.5. The quantitative estimate of drug-likeness (QED) is 0.493. The maximum atomic E-state index is 12.3. The van der Waals surface area contributed by atoms with E-state index in [4.69, 9.17) is 10.00 Å². The molecule has 6 nitrogen and oxygen atoms in total. The molecule has 3 rings (SSSR count). The molecule has 0 saturated heterocycles. The van der Waals surface area contributed by atoms with Crippen molar-refractivity contribution in [2.75, 3.05) is 18.5 Å². The summed E-state index contributed by atoms with van der Waals surface area (Å²) < 4.78 is 5.56. The molecule has 0 aliphatic rings. The topological polar surface area (TPSA) is 94.4 Å². The van der Waals surface area contributed by atoms with Crippen LogP contribution in [0.2, 0.25) is 0 Å². The van der Waals surface area contributed by atoms with E-state index in [2.05, 4.69) is 16.7 Å². The van der Waals surface area contributed by atoms with Crippen molar-refractivity contribution in [2.24, 2.45) is 0 Å². The predicted octanol–water partition coefficient (Wildman–Crippen LogP) is 3.90. The largest absolute Gasteiger partial charge is 0.491 e. The Morgan fingerprint density at radius 3 is 2.52 bits per heavy atom. The summed E-state index contributed by atoms with van der Waals surface area (Å²) in [5.74, 6) is 0.446. The normalized spacial score (nSPS) is 12.4. The second-order valence-corrected chi connectivity index (χ2v) is 7.18. The van der Waals surface area contributed by atoms with Gasteiger partial charge in [-0.05, 0) is 61.0 Å². The van der Waals surface area contributed by atoms with Gasteiger partial charge >= 0.3 is 0 Å². The molecule has 1 amide bonds. The first kappa shape index (κ1) is 22.0. The predicted molar refractivity (Wildman–Crippen MR) is 120 cm³/mol.